The molecule has 1 atom stereocenters. The van der Waals surface area contributed by atoms with E-state index >= 15 is 0 Å². The molecule has 1 aromatic rings. The second-order valence-corrected chi connectivity index (χ2v) is 6.16. The highest BCUT2D eigenvalue weighted by Crippen LogP contribution is 2.30. The predicted octanol–water partition coefficient (Wildman–Crippen LogP) is 2.91. The largest absolute Gasteiger partial charge is 0.394 e. The van der Waals surface area contributed by atoms with Crippen molar-refractivity contribution < 1.29 is 9.90 Å². The summed E-state index contributed by atoms with van der Waals surface area (Å²) in [4.78, 5) is 12.2. The van der Waals surface area contributed by atoms with Crippen LogP contribution in [0.3, 0.4) is 0 Å². The lowest BCUT2D eigenvalue weighted by Gasteiger charge is -2.28. The molecule has 1 unspecified atom stereocenters. The number of benzene rings is 1. The first kappa shape index (κ1) is 15.0. The zero-order valence-corrected chi connectivity index (χ0v) is 12.5. The van der Waals surface area contributed by atoms with E-state index in [4.69, 9.17) is 0 Å². The maximum absolute atomic E-state index is 12.2. The van der Waals surface area contributed by atoms with Crippen LogP contribution in [0.1, 0.15) is 56.1 Å². The lowest BCUT2D eigenvalue weighted by Crippen LogP contribution is -2.49. The standard InChI is InChI=1S/C17H25NO2/c1-13-7-3-4-8-15(13)14(2)11-16(20)18-17(12-19)9-5-6-10-17/h3-4,7-8,14,19H,5-6,9-12H2,1-2H3,(H,18,20). The highest BCUT2D eigenvalue weighted by atomic mass is 16.3. The Bertz CT molecular complexity index is 464. The Morgan fingerprint density at radius 1 is 1.35 bits per heavy atom. The second kappa shape index (κ2) is 6.40. The molecule has 0 saturated heterocycles. The van der Waals surface area contributed by atoms with E-state index in [9.17, 15) is 9.90 Å². The average Bonchev–Trinajstić information content (AvgIpc) is 2.88. The molecule has 0 aromatic heterocycles. The molecule has 1 aliphatic carbocycles. The first-order chi connectivity index (χ1) is 9.56. The van der Waals surface area contributed by atoms with Crippen molar-refractivity contribution in [3.05, 3.63) is 35.4 Å². The van der Waals surface area contributed by atoms with Gasteiger partial charge in [0.1, 0.15) is 0 Å². The summed E-state index contributed by atoms with van der Waals surface area (Å²) in [5.74, 6) is 0.255. The molecule has 1 fully saturated rings. The maximum Gasteiger partial charge on any atom is 0.221 e. The molecule has 0 heterocycles. The fraction of sp³-hybridized carbons (Fsp3) is 0.588. The van der Waals surface area contributed by atoms with Gasteiger partial charge in [-0.25, -0.2) is 0 Å². The van der Waals surface area contributed by atoms with Crippen LogP contribution in [-0.4, -0.2) is 23.2 Å². The van der Waals surface area contributed by atoms with E-state index in [1.165, 1.54) is 11.1 Å². The number of hydrogen-bond donors (Lipinski definition) is 2. The summed E-state index contributed by atoms with van der Waals surface area (Å²) in [5, 5.41) is 12.6. The van der Waals surface area contributed by atoms with Crippen molar-refractivity contribution in [2.24, 2.45) is 0 Å². The molecule has 20 heavy (non-hydrogen) atoms. The Hall–Kier alpha value is -1.35. The van der Waals surface area contributed by atoms with E-state index in [0.717, 1.165) is 25.7 Å². The fourth-order valence-electron chi connectivity index (χ4n) is 3.25. The Labute approximate surface area is 121 Å². The first-order valence-electron chi connectivity index (χ1n) is 7.54. The summed E-state index contributed by atoms with van der Waals surface area (Å²) in [7, 11) is 0. The maximum atomic E-state index is 12.2. The molecule has 3 heteroatoms. The van der Waals surface area contributed by atoms with Gasteiger partial charge in [-0.05, 0) is 36.8 Å². The van der Waals surface area contributed by atoms with Gasteiger partial charge in [0.15, 0.2) is 0 Å². The summed E-state index contributed by atoms with van der Waals surface area (Å²) < 4.78 is 0. The zero-order chi connectivity index (χ0) is 14.6. The second-order valence-electron chi connectivity index (χ2n) is 6.16. The lowest BCUT2D eigenvalue weighted by molar-refractivity contribution is -0.123. The third-order valence-electron chi connectivity index (χ3n) is 4.48. The van der Waals surface area contributed by atoms with Crippen LogP contribution in [0.15, 0.2) is 24.3 Å². The Balaban J connectivity index is 1.96. The van der Waals surface area contributed by atoms with Gasteiger partial charge in [0.05, 0.1) is 12.1 Å². The fourth-order valence-corrected chi connectivity index (χ4v) is 3.25. The van der Waals surface area contributed by atoms with Crippen molar-refractivity contribution in [2.45, 2.75) is 57.4 Å². The van der Waals surface area contributed by atoms with Crippen molar-refractivity contribution in [3.63, 3.8) is 0 Å². The van der Waals surface area contributed by atoms with Crippen LogP contribution < -0.4 is 5.32 Å². The van der Waals surface area contributed by atoms with Gasteiger partial charge in [0.25, 0.3) is 0 Å². The van der Waals surface area contributed by atoms with E-state index in [1.807, 2.05) is 12.1 Å². The molecule has 3 nitrogen and oxygen atoms in total. The third kappa shape index (κ3) is 3.40. The van der Waals surface area contributed by atoms with Crippen LogP contribution in [0.4, 0.5) is 0 Å². The quantitative estimate of drug-likeness (QED) is 0.868. The molecule has 1 saturated carbocycles. The minimum atomic E-state index is -0.359. The van der Waals surface area contributed by atoms with Gasteiger partial charge in [-0.1, -0.05) is 44.0 Å². The smallest absolute Gasteiger partial charge is 0.221 e. The molecule has 110 valence electrons. The Morgan fingerprint density at radius 3 is 2.60 bits per heavy atom. The molecule has 0 radical (unpaired) electrons. The number of nitrogens with one attached hydrogen (secondary N) is 1. The number of amides is 1. The van der Waals surface area contributed by atoms with Crippen LogP contribution in [0, 0.1) is 6.92 Å². The summed E-state index contributed by atoms with van der Waals surface area (Å²) in [6.07, 6.45) is 4.46. The predicted molar refractivity (Wildman–Crippen MR) is 80.6 cm³/mol. The number of aliphatic hydroxyl groups excluding tert-OH is 1. The van der Waals surface area contributed by atoms with Crippen LogP contribution in [0.5, 0.6) is 0 Å². The SMILES string of the molecule is Cc1ccccc1C(C)CC(=O)NC1(CO)CCCC1. The Morgan fingerprint density at radius 2 is 2.00 bits per heavy atom. The highest BCUT2D eigenvalue weighted by Gasteiger charge is 2.34. The van der Waals surface area contributed by atoms with Crippen molar-refractivity contribution in [3.8, 4) is 0 Å². The first-order valence-corrected chi connectivity index (χ1v) is 7.54. The van der Waals surface area contributed by atoms with Crippen LogP contribution in [-0.2, 0) is 4.79 Å². The molecule has 1 amide bonds. The zero-order valence-electron chi connectivity index (χ0n) is 12.5. The number of rotatable bonds is 5. The van der Waals surface area contributed by atoms with E-state index in [-0.39, 0.29) is 24.0 Å². The van der Waals surface area contributed by atoms with Gasteiger partial charge in [-0.15, -0.1) is 0 Å². The van der Waals surface area contributed by atoms with Crippen LogP contribution in [0.25, 0.3) is 0 Å². The number of hydrogen-bond acceptors (Lipinski definition) is 2. The number of aryl methyl sites for hydroxylation is 1. The van der Waals surface area contributed by atoms with E-state index in [2.05, 4.69) is 31.3 Å². The van der Waals surface area contributed by atoms with Crippen molar-refractivity contribution in [1.29, 1.82) is 0 Å². The molecule has 2 rings (SSSR count). The highest BCUT2D eigenvalue weighted by molar-refractivity contribution is 5.77. The van der Waals surface area contributed by atoms with Crippen molar-refractivity contribution in [2.75, 3.05) is 6.61 Å². The molecule has 1 aliphatic rings. The summed E-state index contributed by atoms with van der Waals surface area (Å²) in [5.41, 5.74) is 2.10. The topological polar surface area (TPSA) is 49.3 Å². The monoisotopic (exact) mass is 275 g/mol. The lowest BCUT2D eigenvalue weighted by atomic mass is 9.92. The Kier molecular flexibility index (Phi) is 4.81. The third-order valence-corrected chi connectivity index (χ3v) is 4.48. The van der Waals surface area contributed by atoms with E-state index < -0.39 is 0 Å². The van der Waals surface area contributed by atoms with Gasteiger partial charge >= 0.3 is 0 Å². The van der Waals surface area contributed by atoms with Gasteiger partial charge in [0, 0.05) is 6.42 Å². The summed E-state index contributed by atoms with van der Waals surface area (Å²) in [6, 6.07) is 8.20. The minimum Gasteiger partial charge on any atom is -0.394 e. The van der Waals surface area contributed by atoms with Gasteiger partial charge in [-0.3, -0.25) is 4.79 Å². The summed E-state index contributed by atoms with van der Waals surface area (Å²) >= 11 is 0. The van der Waals surface area contributed by atoms with E-state index in [1.54, 1.807) is 0 Å². The van der Waals surface area contributed by atoms with Crippen LogP contribution >= 0.6 is 0 Å². The molecule has 1 aromatic carbocycles. The molecular weight excluding hydrogens is 250 g/mol. The minimum absolute atomic E-state index is 0.0525. The number of carbonyl (C=O) groups is 1. The number of carbonyl (C=O) groups excluding carboxylic acids is 1. The summed E-state index contributed by atoms with van der Waals surface area (Å²) in [6.45, 7) is 4.22. The molecule has 2 N–H and O–H groups in total. The van der Waals surface area contributed by atoms with Gasteiger partial charge < -0.3 is 10.4 Å². The van der Waals surface area contributed by atoms with Crippen molar-refractivity contribution >= 4 is 5.91 Å². The van der Waals surface area contributed by atoms with Crippen LogP contribution in [0.2, 0.25) is 0 Å². The molecular formula is C17H25NO2. The average molecular weight is 275 g/mol. The normalized spacial score (nSPS) is 18.8. The molecule has 0 aliphatic heterocycles. The van der Waals surface area contributed by atoms with Gasteiger partial charge in [0.2, 0.25) is 5.91 Å². The molecule has 0 bridgehead atoms. The van der Waals surface area contributed by atoms with Crippen molar-refractivity contribution in [1.82, 2.24) is 5.32 Å². The number of aliphatic hydroxyl groups is 1. The van der Waals surface area contributed by atoms with E-state index in [0.29, 0.717) is 6.42 Å². The van der Waals surface area contributed by atoms with Gasteiger partial charge in [-0.2, -0.15) is 0 Å². The molecule has 0 spiro atoms.